The van der Waals surface area contributed by atoms with E-state index in [0.717, 1.165) is 10.5 Å². The molecule has 0 spiro atoms. The number of nitrogens with one attached hydrogen (secondary N) is 2. The molecule has 0 aliphatic carbocycles. The molecule has 0 unspecified atom stereocenters. The Morgan fingerprint density at radius 2 is 1.46 bits per heavy atom. The number of carbonyl (C=O) groups excluding carboxylic acids is 2. The molecule has 0 saturated heterocycles. The Morgan fingerprint density at radius 3 is 2.11 bits per heavy atom. The van der Waals surface area contributed by atoms with Crippen molar-refractivity contribution in [3.63, 3.8) is 0 Å². The number of benzene rings is 4. The van der Waals surface area contributed by atoms with Crippen molar-refractivity contribution in [1.29, 1.82) is 0 Å². The Balaban J connectivity index is 1.40. The van der Waals surface area contributed by atoms with Crippen LogP contribution in [0.2, 0.25) is 0 Å². The standard InChI is InChI=1S/C28H22N2O6S/c1-16-8-9-18(27(33)34)14-23(16)30-24(31)15-37-20-12-10-19(11-13-20)29-26(32)21-6-2-4-17-5-3-7-22(25(17)21)28(35)36/h2-14H,15H2,1H3,(H,29,32)(H,30,31)(H,33,34)(H,35,36). The fourth-order valence-electron chi connectivity index (χ4n) is 3.77. The molecule has 37 heavy (non-hydrogen) atoms. The molecular formula is C28H22N2O6S. The van der Waals surface area contributed by atoms with Gasteiger partial charge in [0.2, 0.25) is 5.91 Å². The van der Waals surface area contributed by atoms with Crippen LogP contribution in [-0.2, 0) is 4.79 Å². The van der Waals surface area contributed by atoms with E-state index in [-0.39, 0.29) is 28.4 Å². The number of carboxylic acid groups (broad SMARTS) is 2. The highest BCUT2D eigenvalue weighted by Gasteiger charge is 2.17. The van der Waals surface area contributed by atoms with Gasteiger partial charge < -0.3 is 20.8 Å². The number of rotatable bonds is 8. The van der Waals surface area contributed by atoms with Crippen LogP contribution in [0.15, 0.2) is 83.8 Å². The van der Waals surface area contributed by atoms with Gasteiger partial charge in [0.15, 0.2) is 0 Å². The fourth-order valence-corrected chi connectivity index (χ4v) is 4.46. The second-order valence-corrected chi connectivity index (χ2v) is 9.21. The topological polar surface area (TPSA) is 133 Å². The van der Waals surface area contributed by atoms with Gasteiger partial charge in [0.1, 0.15) is 0 Å². The van der Waals surface area contributed by atoms with Crippen molar-refractivity contribution in [2.24, 2.45) is 0 Å². The molecule has 0 saturated carbocycles. The Bertz CT molecular complexity index is 1530. The monoisotopic (exact) mass is 514 g/mol. The summed E-state index contributed by atoms with van der Waals surface area (Å²) >= 11 is 1.29. The fraction of sp³-hybridized carbons (Fsp3) is 0.0714. The van der Waals surface area contributed by atoms with Crippen LogP contribution in [0.4, 0.5) is 11.4 Å². The number of carboxylic acids is 2. The average Bonchev–Trinajstić information content (AvgIpc) is 2.88. The first kappa shape index (κ1) is 25.5. The summed E-state index contributed by atoms with van der Waals surface area (Å²) in [6, 6.07) is 21.4. The summed E-state index contributed by atoms with van der Waals surface area (Å²) in [5.74, 6) is -2.78. The van der Waals surface area contributed by atoms with E-state index in [2.05, 4.69) is 10.6 Å². The minimum absolute atomic E-state index is 0.0538. The molecule has 8 nitrogen and oxygen atoms in total. The van der Waals surface area contributed by atoms with Crippen LogP contribution in [0.25, 0.3) is 10.8 Å². The second-order valence-electron chi connectivity index (χ2n) is 8.16. The van der Waals surface area contributed by atoms with E-state index < -0.39 is 17.8 Å². The van der Waals surface area contributed by atoms with Crippen LogP contribution in [-0.4, -0.2) is 39.7 Å². The molecule has 0 aliphatic heterocycles. The predicted molar refractivity (Wildman–Crippen MR) is 143 cm³/mol. The first-order valence-electron chi connectivity index (χ1n) is 11.2. The zero-order chi connectivity index (χ0) is 26.5. The molecule has 0 radical (unpaired) electrons. The average molecular weight is 515 g/mol. The van der Waals surface area contributed by atoms with E-state index in [9.17, 15) is 24.3 Å². The van der Waals surface area contributed by atoms with Crippen LogP contribution < -0.4 is 10.6 Å². The molecule has 0 atom stereocenters. The molecule has 4 rings (SSSR count). The normalized spacial score (nSPS) is 10.6. The van der Waals surface area contributed by atoms with Crippen LogP contribution >= 0.6 is 11.8 Å². The molecule has 0 fully saturated rings. The summed E-state index contributed by atoms with van der Waals surface area (Å²) in [7, 11) is 0. The molecule has 9 heteroatoms. The minimum Gasteiger partial charge on any atom is -0.478 e. The summed E-state index contributed by atoms with van der Waals surface area (Å²) in [5, 5.41) is 25.2. The Hall–Kier alpha value is -4.63. The summed E-state index contributed by atoms with van der Waals surface area (Å²) < 4.78 is 0. The number of fused-ring (bicyclic) bond motifs is 1. The van der Waals surface area contributed by atoms with Gasteiger partial charge >= 0.3 is 11.9 Å². The van der Waals surface area contributed by atoms with Crippen molar-refractivity contribution in [1.82, 2.24) is 0 Å². The number of amides is 2. The molecule has 0 bridgehead atoms. The molecule has 2 amide bonds. The van der Waals surface area contributed by atoms with Crippen molar-refractivity contribution in [2.45, 2.75) is 11.8 Å². The Morgan fingerprint density at radius 1 is 0.784 bits per heavy atom. The smallest absolute Gasteiger partial charge is 0.336 e. The lowest BCUT2D eigenvalue weighted by molar-refractivity contribution is -0.113. The lowest BCUT2D eigenvalue weighted by atomic mass is 9.98. The number of aryl methyl sites for hydroxylation is 1. The van der Waals surface area contributed by atoms with Gasteiger partial charge in [0.05, 0.1) is 16.9 Å². The lowest BCUT2D eigenvalue weighted by Crippen LogP contribution is -2.15. The van der Waals surface area contributed by atoms with E-state index in [1.165, 1.54) is 30.0 Å². The highest BCUT2D eigenvalue weighted by atomic mass is 32.2. The number of carbonyl (C=O) groups is 4. The molecular weight excluding hydrogens is 492 g/mol. The summed E-state index contributed by atoms with van der Waals surface area (Å²) in [4.78, 5) is 49.0. The maximum Gasteiger partial charge on any atom is 0.336 e. The Labute approximate surface area is 216 Å². The maximum atomic E-state index is 13.0. The highest BCUT2D eigenvalue weighted by Crippen LogP contribution is 2.26. The van der Waals surface area contributed by atoms with Crippen molar-refractivity contribution >= 4 is 57.7 Å². The van der Waals surface area contributed by atoms with Gasteiger partial charge in [0, 0.05) is 27.2 Å². The number of hydrogen-bond donors (Lipinski definition) is 4. The zero-order valence-electron chi connectivity index (χ0n) is 19.6. The summed E-state index contributed by atoms with van der Waals surface area (Å²) in [6.07, 6.45) is 0. The first-order chi connectivity index (χ1) is 17.7. The number of anilines is 2. The van der Waals surface area contributed by atoms with Crippen molar-refractivity contribution in [2.75, 3.05) is 16.4 Å². The molecule has 4 N–H and O–H groups in total. The first-order valence-corrected chi connectivity index (χ1v) is 12.1. The predicted octanol–water partition coefficient (Wildman–Crippen LogP) is 5.53. The largest absolute Gasteiger partial charge is 0.478 e. The van der Waals surface area contributed by atoms with Crippen LogP contribution in [0.5, 0.6) is 0 Å². The summed E-state index contributed by atoms with van der Waals surface area (Å²) in [6.45, 7) is 1.78. The highest BCUT2D eigenvalue weighted by molar-refractivity contribution is 8.00. The molecule has 0 heterocycles. The van der Waals surface area contributed by atoms with Crippen LogP contribution in [0, 0.1) is 6.92 Å². The molecule has 4 aromatic carbocycles. The van der Waals surface area contributed by atoms with E-state index in [4.69, 9.17) is 5.11 Å². The zero-order valence-corrected chi connectivity index (χ0v) is 20.5. The van der Waals surface area contributed by atoms with Gasteiger partial charge in [-0.15, -0.1) is 11.8 Å². The van der Waals surface area contributed by atoms with Gasteiger partial charge in [-0.1, -0.05) is 30.3 Å². The molecule has 4 aromatic rings. The van der Waals surface area contributed by atoms with E-state index in [0.29, 0.717) is 22.1 Å². The van der Waals surface area contributed by atoms with Gasteiger partial charge in [-0.3, -0.25) is 9.59 Å². The van der Waals surface area contributed by atoms with E-state index in [1.54, 1.807) is 67.6 Å². The summed E-state index contributed by atoms with van der Waals surface area (Å²) in [5.41, 5.74) is 2.12. The Kier molecular flexibility index (Phi) is 7.55. The molecule has 0 aromatic heterocycles. The van der Waals surface area contributed by atoms with Gasteiger partial charge in [-0.25, -0.2) is 9.59 Å². The van der Waals surface area contributed by atoms with Gasteiger partial charge in [0.25, 0.3) is 5.91 Å². The van der Waals surface area contributed by atoms with Crippen molar-refractivity contribution < 1.29 is 29.4 Å². The van der Waals surface area contributed by atoms with E-state index in [1.807, 2.05) is 0 Å². The third-order valence-corrected chi connectivity index (χ3v) is 6.63. The number of hydrogen-bond acceptors (Lipinski definition) is 5. The van der Waals surface area contributed by atoms with Crippen molar-refractivity contribution in [3.05, 3.63) is 101 Å². The second kappa shape index (κ2) is 11.0. The molecule has 186 valence electrons. The SMILES string of the molecule is Cc1ccc(C(=O)O)cc1NC(=O)CSc1ccc(NC(=O)c2cccc3cccc(C(=O)O)c23)cc1. The van der Waals surface area contributed by atoms with Crippen LogP contribution in [0.3, 0.4) is 0 Å². The van der Waals surface area contributed by atoms with Gasteiger partial charge in [-0.05, 0) is 66.4 Å². The van der Waals surface area contributed by atoms with E-state index >= 15 is 0 Å². The number of thioether (sulfide) groups is 1. The number of aromatic carboxylic acids is 2. The van der Waals surface area contributed by atoms with Gasteiger partial charge in [-0.2, -0.15) is 0 Å². The van der Waals surface area contributed by atoms with Crippen molar-refractivity contribution in [3.8, 4) is 0 Å². The van der Waals surface area contributed by atoms with Crippen LogP contribution in [0.1, 0.15) is 36.6 Å². The lowest BCUT2D eigenvalue weighted by Gasteiger charge is -2.11. The third kappa shape index (κ3) is 5.96. The quantitative estimate of drug-likeness (QED) is 0.227. The maximum absolute atomic E-state index is 13.0. The minimum atomic E-state index is -1.11. The molecule has 0 aliphatic rings. The third-order valence-electron chi connectivity index (χ3n) is 5.62.